The molecular weight excluding hydrogens is 490 g/mol. The van der Waals surface area contributed by atoms with Crippen molar-refractivity contribution in [2.45, 2.75) is 19.3 Å². The summed E-state index contributed by atoms with van der Waals surface area (Å²) in [6.07, 6.45) is 0. The molecule has 0 fully saturated rings. The molecule has 0 amide bonds. The zero-order valence-corrected chi connectivity index (χ0v) is 22.8. The first kappa shape index (κ1) is 22.6. The van der Waals surface area contributed by atoms with Gasteiger partial charge in [-0.3, -0.25) is 0 Å². The average Bonchev–Trinajstić information content (AvgIpc) is 3.47. The highest BCUT2D eigenvalue weighted by atomic mass is 32.1. The summed E-state index contributed by atoms with van der Waals surface area (Å²) < 4.78 is 2.69. The number of hydrogen-bond acceptors (Lipinski definition) is 2. The molecule has 1 heterocycles. The fourth-order valence-corrected chi connectivity index (χ4v) is 7.73. The number of nitrogens with zero attached hydrogens (tertiary/aromatic N) is 1. The number of anilines is 3. The van der Waals surface area contributed by atoms with Gasteiger partial charge in [0.2, 0.25) is 0 Å². The first-order chi connectivity index (χ1) is 19.1. The van der Waals surface area contributed by atoms with Crippen LogP contribution in [0.2, 0.25) is 0 Å². The van der Waals surface area contributed by atoms with Crippen LogP contribution in [0.25, 0.3) is 42.1 Å². The summed E-state index contributed by atoms with van der Waals surface area (Å²) in [7, 11) is 0. The molecule has 39 heavy (non-hydrogen) atoms. The minimum absolute atomic E-state index is 0.00222. The molecule has 1 aliphatic rings. The normalized spacial score (nSPS) is 13.6. The number of para-hydroxylation sites is 1. The number of rotatable bonds is 3. The Kier molecular flexibility index (Phi) is 4.80. The van der Waals surface area contributed by atoms with E-state index < -0.39 is 0 Å². The Balaban J connectivity index is 1.36. The van der Waals surface area contributed by atoms with Gasteiger partial charge in [-0.05, 0) is 70.1 Å². The molecule has 0 saturated heterocycles. The van der Waals surface area contributed by atoms with E-state index in [0.717, 1.165) is 5.69 Å². The zero-order valence-electron chi connectivity index (χ0n) is 22.0. The van der Waals surface area contributed by atoms with Crippen molar-refractivity contribution < 1.29 is 0 Å². The van der Waals surface area contributed by atoms with Gasteiger partial charge in [-0.2, -0.15) is 0 Å². The van der Waals surface area contributed by atoms with E-state index in [0.29, 0.717) is 0 Å². The smallest absolute Gasteiger partial charge is 0.0468 e. The predicted molar refractivity (Wildman–Crippen MR) is 169 cm³/mol. The number of hydrogen-bond donors (Lipinski definition) is 0. The Morgan fingerprint density at radius 2 is 1.21 bits per heavy atom. The maximum absolute atomic E-state index is 2.40. The molecule has 1 aliphatic carbocycles. The predicted octanol–water partition coefficient (Wildman–Crippen LogP) is 11.0. The molecule has 0 bridgehead atoms. The van der Waals surface area contributed by atoms with Gasteiger partial charge in [0, 0.05) is 48.0 Å². The second kappa shape index (κ2) is 8.30. The van der Waals surface area contributed by atoms with E-state index >= 15 is 0 Å². The minimum Gasteiger partial charge on any atom is -0.310 e. The van der Waals surface area contributed by atoms with Gasteiger partial charge in [0.05, 0.1) is 0 Å². The Hall–Kier alpha value is -4.40. The lowest BCUT2D eigenvalue weighted by Gasteiger charge is -2.27. The third-order valence-corrected chi connectivity index (χ3v) is 9.66. The molecule has 0 unspecified atom stereocenters. The molecule has 0 atom stereocenters. The average molecular weight is 518 g/mol. The van der Waals surface area contributed by atoms with Crippen molar-refractivity contribution in [3.05, 3.63) is 139 Å². The van der Waals surface area contributed by atoms with Crippen molar-refractivity contribution >= 4 is 59.3 Å². The SMILES string of the molecule is CC1(C)c2ccccc2-c2cc(N(c3ccccc3)c3ccc4ccc5c6ccccc6sc5c4c3)ccc21. The van der Waals surface area contributed by atoms with Gasteiger partial charge in [-0.25, -0.2) is 0 Å². The molecule has 6 aromatic carbocycles. The molecule has 2 heteroatoms. The maximum Gasteiger partial charge on any atom is 0.0468 e. The summed E-state index contributed by atoms with van der Waals surface area (Å²) >= 11 is 1.89. The number of thiophene rings is 1. The van der Waals surface area contributed by atoms with Crippen LogP contribution in [-0.4, -0.2) is 0 Å². The molecular formula is C37H27NS. The van der Waals surface area contributed by atoms with Crippen LogP contribution >= 0.6 is 11.3 Å². The highest BCUT2D eigenvalue weighted by Gasteiger charge is 2.35. The van der Waals surface area contributed by atoms with Crippen molar-refractivity contribution in [2.75, 3.05) is 4.90 Å². The second-order valence-electron chi connectivity index (χ2n) is 11.0. The molecule has 0 radical (unpaired) electrons. The standard InChI is InChI=1S/C37H27NS/c1-37(2)33-14-8-6-12-28(33)32-23-27(19-21-34(32)37)38(25-10-4-3-5-11-25)26-18-16-24-17-20-30-29-13-7-9-15-35(29)39-36(30)31(24)22-26/h3-23H,1-2H3. The lowest BCUT2D eigenvalue weighted by atomic mass is 9.82. The first-order valence-corrected chi connectivity index (χ1v) is 14.3. The summed E-state index contributed by atoms with van der Waals surface area (Å²) in [4.78, 5) is 2.40. The van der Waals surface area contributed by atoms with Crippen molar-refractivity contribution in [3.8, 4) is 11.1 Å². The Morgan fingerprint density at radius 1 is 0.513 bits per heavy atom. The fraction of sp³-hybridized carbons (Fsp3) is 0.0811. The topological polar surface area (TPSA) is 3.24 Å². The highest BCUT2D eigenvalue weighted by Crippen LogP contribution is 2.50. The van der Waals surface area contributed by atoms with Gasteiger partial charge in [-0.15, -0.1) is 11.3 Å². The van der Waals surface area contributed by atoms with E-state index in [4.69, 9.17) is 0 Å². The molecule has 8 rings (SSSR count). The van der Waals surface area contributed by atoms with Crippen molar-refractivity contribution in [1.82, 2.24) is 0 Å². The van der Waals surface area contributed by atoms with Crippen LogP contribution in [0.1, 0.15) is 25.0 Å². The summed E-state index contributed by atoms with van der Waals surface area (Å²) in [5.74, 6) is 0. The Morgan fingerprint density at radius 3 is 2.10 bits per heavy atom. The van der Waals surface area contributed by atoms with Crippen LogP contribution in [0, 0.1) is 0 Å². The van der Waals surface area contributed by atoms with Crippen molar-refractivity contribution in [1.29, 1.82) is 0 Å². The van der Waals surface area contributed by atoms with Crippen LogP contribution in [-0.2, 0) is 5.41 Å². The summed E-state index contributed by atoms with van der Waals surface area (Å²) in [6.45, 7) is 4.68. The lowest BCUT2D eigenvalue weighted by Crippen LogP contribution is -2.15. The van der Waals surface area contributed by atoms with Crippen LogP contribution in [0.15, 0.2) is 127 Å². The second-order valence-corrected chi connectivity index (χ2v) is 12.1. The molecule has 0 saturated carbocycles. The molecule has 0 aliphatic heterocycles. The van der Waals surface area contributed by atoms with E-state index in [1.807, 2.05) is 11.3 Å². The van der Waals surface area contributed by atoms with E-state index in [1.54, 1.807) is 0 Å². The van der Waals surface area contributed by atoms with Gasteiger partial charge in [0.1, 0.15) is 0 Å². The summed E-state index contributed by atoms with van der Waals surface area (Å²) in [6, 6.07) is 46.8. The van der Waals surface area contributed by atoms with E-state index in [9.17, 15) is 0 Å². The van der Waals surface area contributed by atoms with Gasteiger partial charge < -0.3 is 4.90 Å². The van der Waals surface area contributed by atoms with Gasteiger partial charge >= 0.3 is 0 Å². The quantitative estimate of drug-likeness (QED) is 0.225. The van der Waals surface area contributed by atoms with E-state index in [1.165, 1.54) is 64.6 Å². The Bertz CT molecular complexity index is 2050. The van der Waals surface area contributed by atoms with Gasteiger partial charge in [-0.1, -0.05) is 98.8 Å². The van der Waals surface area contributed by atoms with Crippen LogP contribution in [0.4, 0.5) is 17.1 Å². The third kappa shape index (κ3) is 3.32. The minimum atomic E-state index is -0.00222. The lowest BCUT2D eigenvalue weighted by molar-refractivity contribution is 0.660. The molecule has 186 valence electrons. The number of fused-ring (bicyclic) bond motifs is 8. The Labute approximate surface area is 232 Å². The van der Waals surface area contributed by atoms with E-state index in [2.05, 4.69) is 146 Å². The largest absolute Gasteiger partial charge is 0.310 e. The highest BCUT2D eigenvalue weighted by molar-refractivity contribution is 7.26. The summed E-state index contributed by atoms with van der Waals surface area (Å²) in [5, 5.41) is 5.25. The monoisotopic (exact) mass is 517 g/mol. The van der Waals surface area contributed by atoms with Crippen LogP contribution < -0.4 is 4.90 Å². The first-order valence-electron chi connectivity index (χ1n) is 13.5. The van der Waals surface area contributed by atoms with Crippen LogP contribution in [0.3, 0.4) is 0 Å². The maximum atomic E-state index is 2.40. The van der Waals surface area contributed by atoms with Gasteiger partial charge in [0.15, 0.2) is 0 Å². The zero-order chi connectivity index (χ0) is 26.1. The molecule has 0 spiro atoms. The van der Waals surface area contributed by atoms with Crippen molar-refractivity contribution in [3.63, 3.8) is 0 Å². The molecule has 0 N–H and O–H groups in total. The number of benzene rings is 6. The van der Waals surface area contributed by atoms with Gasteiger partial charge in [0.25, 0.3) is 0 Å². The fourth-order valence-electron chi connectivity index (χ4n) is 6.50. The molecule has 7 aromatic rings. The molecule has 1 nitrogen and oxygen atoms in total. The van der Waals surface area contributed by atoms with Crippen LogP contribution in [0.5, 0.6) is 0 Å². The third-order valence-electron chi connectivity index (χ3n) is 8.44. The molecule has 1 aromatic heterocycles. The summed E-state index contributed by atoms with van der Waals surface area (Å²) in [5.41, 5.74) is 8.98. The van der Waals surface area contributed by atoms with Crippen molar-refractivity contribution in [2.24, 2.45) is 0 Å². The van der Waals surface area contributed by atoms with E-state index in [-0.39, 0.29) is 5.41 Å².